The third-order valence-corrected chi connectivity index (χ3v) is 5.16. The largest absolute Gasteiger partial charge is 0.496 e. The number of carbonyl (C=O) groups is 1. The molecule has 4 rings (SSSR count). The van der Waals surface area contributed by atoms with E-state index >= 15 is 0 Å². The van der Waals surface area contributed by atoms with Gasteiger partial charge in [0, 0.05) is 12.1 Å². The molecule has 10 nitrogen and oxygen atoms in total. The van der Waals surface area contributed by atoms with Gasteiger partial charge in [-0.15, -0.1) is 0 Å². The van der Waals surface area contributed by atoms with Crippen LogP contribution in [0.1, 0.15) is 28.9 Å². The molecule has 1 aliphatic rings. The average molecular weight is 416 g/mol. The van der Waals surface area contributed by atoms with Gasteiger partial charge < -0.3 is 25.6 Å². The van der Waals surface area contributed by atoms with Gasteiger partial charge in [-0.1, -0.05) is 0 Å². The van der Waals surface area contributed by atoms with Crippen LogP contribution in [0.3, 0.4) is 0 Å². The molecule has 2 aromatic heterocycles. The number of rotatable bonds is 6. The van der Waals surface area contributed by atoms with Gasteiger partial charge in [0.2, 0.25) is 0 Å². The summed E-state index contributed by atoms with van der Waals surface area (Å²) >= 11 is 0. The highest BCUT2D eigenvalue weighted by Gasteiger charge is 2.34. The zero-order valence-electron chi connectivity index (χ0n) is 16.1. The molecule has 3 atom stereocenters. The first kappa shape index (κ1) is 20.0. The molecule has 30 heavy (non-hydrogen) atoms. The highest BCUT2D eigenvalue weighted by molar-refractivity contribution is 6.07. The first-order valence-electron chi connectivity index (χ1n) is 9.40. The number of hydrogen-bond donors (Lipinski definition) is 5. The monoisotopic (exact) mass is 416 g/mol. The summed E-state index contributed by atoms with van der Waals surface area (Å²) in [6, 6.07) is 3.63. The molecule has 158 valence electrons. The van der Waals surface area contributed by atoms with Crippen molar-refractivity contribution in [3.63, 3.8) is 0 Å². The molecule has 11 heteroatoms. The second kappa shape index (κ2) is 8.20. The van der Waals surface area contributed by atoms with Gasteiger partial charge in [-0.25, -0.2) is 14.4 Å². The Morgan fingerprint density at radius 1 is 1.33 bits per heavy atom. The van der Waals surface area contributed by atoms with Crippen LogP contribution in [-0.4, -0.2) is 61.6 Å². The Labute approximate surface area is 170 Å². The van der Waals surface area contributed by atoms with Gasteiger partial charge >= 0.3 is 0 Å². The summed E-state index contributed by atoms with van der Waals surface area (Å²) in [7, 11) is 1.46. The average Bonchev–Trinajstić information content (AvgIpc) is 3.31. The van der Waals surface area contributed by atoms with Gasteiger partial charge in [0.15, 0.2) is 5.65 Å². The van der Waals surface area contributed by atoms with Crippen LogP contribution in [0.5, 0.6) is 5.75 Å². The lowest BCUT2D eigenvalue weighted by molar-refractivity contribution is 0.0392. The van der Waals surface area contributed by atoms with Crippen molar-refractivity contribution in [2.75, 3.05) is 12.4 Å². The molecule has 0 unspecified atom stereocenters. The number of amides is 1. The molecule has 1 amide bonds. The Bertz CT molecular complexity index is 1070. The van der Waals surface area contributed by atoms with E-state index in [9.17, 15) is 19.4 Å². The number of aliphatic hydroxyl groups is 2. The summed E-state index contributed by atoms with van der Waals surface area (Å²) in [5.41, 5.74) is 0.873. The maximum Gasteiger partial charge on any atom is 0.270 e. The van der Waals surface area contributed by atoms with Crippen molar-refractivity contribution in [3.8, 4) is 5.75 Å². The highest BCUT2D eigenvalue weighted by atomic mass is 19.1. The number of hydrogen-bond acceptors (Lipinski definition) is 8. The molecule has 1 aliphatic carbocycles. The van der Waals surface area contributed by atoms with Crippen molar-refractivity contribution in [2.24, 2.45) is 0 Å². The van der Waals surface area contributed by atoms with Gasteiger partial charge in [-0.2, -0.15) is 5.10 Å². The van der Waals surface area contributed by atoms with Crippen molar-refractivity contribution in [2.45, 2.75) is 37.6 Å². The summed E-state index contributed by atoms with van der Waals surface area (Å²) in [6.45, 7) is 0.0320. The molecule has 0 bridgehead atoms. The molecular formula is C19H21FN6O4. The number of anilines is 1. The fourth-order valence-electron chi connectivity index (χ4n) is 3.57. The van der Waals surface area contributed by atoms with E-state index < -0.39 is 30.0 Å². The molecule has 3 aromatic rings. The van der Waals surface area contributed by atoms with Crippen molar-refractivity contribution in [3.05, 3.63) is 41.6 Å². The number of nitrogens with one attached hydrogen (secondary N) is 3. The van der Waals surface area contributed by atoms with E-state index in [1.54, 1.807) is 0 Å². The standard InChI is InChI=1S/C19H21FN6O4/c1-30-13-5-2-10(20)6-9(13)7-21-19(29)15-14-17(22-8-23-18(14)26-25-15)24-11-3-4-12(27)16(11)28/h2,5-6,8,11-12,16,27-28H,3-4,7H2,1H3,(H,21,29)(H2,22,23,24,25,26)/t11-,12-,16+/m1/s1. The Kier molecular flexibility index (Phi) is 5.46. The predicted molar refractivity (Wildman–Crippen MR) is 104 cm³/mol. The number of nitrogens with zero attached hydrogens (tertiary/aromatic N) is 3. The summed E-state index contributed by atoms with van der Waals surface area (Å²) in [5, 5.41) is 32.7. The minimum atomic E-state index is -0.945. The Balaban J connectivity index is 1.57. The number of ether oxygens (including phenoxy) is 1. The van der Waals surface area contributed by atoms with Crippen LogP contribution in [0, 0.1) is 5.82 Å². The van der Waals surface area contributed by atoms with E-state index in [4.69, 9.17) is 4.74 Å². The summed E-state index contributed by atoms with van der Waals surface area (Å²) < 4.78 is 18.7. The maximum atomic E-state index is 13.5. The molecule has 0 radical (unpaired) electrons. The number of halogens is 1. The maximum absolute atomic E-state index is 13.5. The number of aromatic nitrogens is 4. The zero-order valence-corrected chi connectivity index (χ0v) is 16.1. The van der Waals surface area contributed by atoms with Crippen LogP contribution in [-0.2, 0) is 6.54 Å². The van der Waals surface area contributed by atoms with Gasteiger partial charge in [0.05, 0.1) is 30.7 Å². The minimum absolute atomic E-state index is 0.0320. The third-order valence-electron chi connectivity index (χ3n) is 5.16. The number of methoxy groups -OCH3 is 1. The number of aromatic amines is 1. The van der Waals surface area contributed by atoms with Crippen molar-refractivity contribution < 1.29 is 24.1 Å². The molecule has 0 spiro atoms. The van der Waals surface area contributed by atoms with Crippen LogP contribution < -0.4 is 15.4 Å². The second-order valence-electron chi connectivity index (χ2n) is 7.04. The fraction of sp³-hybridized carbons (Fsp3) is 0.368. The van der Waals surface area contributed by atoms with Crippen LogP contribution >= 0.6 is 0 Å². The van der Waals surface area contributed by atoms with Crippen molar-refractivity contribution >= 4 is 22.8 Å². The van der Waals surface area contributed by atoms with Gasteiger partial charge in [0.1, 0.15) is 29.4 Å². The number of H-pyrrole nitrogens is 1. The SMILES string of the molecule is COc1ccc(F)cc1CNC(=O)c1[nH]nc2ncnc(N[C@@H]3CC[C@@H](O)[C@H]3O)c12. The third kappa shape index (κ3) is 3.76. The summed E-state index contributed by atoms with van der Waals surface area (Å²) in [4.78, 5) is 21.0. The minimum Gasteiger partial charge on any atom is -0.496 e. The number of benzene rings is 1. The molecule has 0 aliphatic heterocycles. The lowest BCUT2D eigenvalue weighted by Crippen LogP contribution is -2.34. The Morgan fingerprint density at radius 3 is 2.90 bits per heavy atom. The molecule has 1 saturated carbocycles. The predicted octanol–water partition coefficient (Wildman–Crippen LogP) is 0.727. The van der Waals surface area contributed by atoms with E-state index in [2.05, 4.69) is 30.8 Å². The quantitative estimate of drug-likeness (QED) is 0.395. The molecule has 1 fully saturated rings. The van der Waals surface area contributed by atoms with Crippen molar-refractivity contribution in [1.82, 2.24) is 25.5 Å². The normalized spacial score (nSPS) is 21.0. The number of aliphatic hydroxyl groups excluding tert-OH is 2. The van der Waals surface area contributed by atoms with Gasteiger partial charge in [-0.3, -0.25) is 9.89 Å². The first-order chi connectivity index (χ1) is 14.5. The van der Waals surface area contributed by atoms with E-state index in [0.29, 0.717) is 35.4 Å². The van der Waals surface area contributed by atoms with Crippen LogP contribution in [0.15, 0.2) is 24.5 Å². The zero-order chi connectivity index (χ0) is 21.3. The molecule has 0 saturated heterocycles. The Hall–Kier alpha value is -3.31. The second-order valence-corrected chi connectivity index (χ2v) is 7.04. The van der Waals surface area contributed by atoms with Crippen molar-refractivity contribution in [1.29, 1.82) is 0 Å². The number of carbonyl (C=O) groups excluding carboxylic acids is 1. The smallest absolute Gasteiger partial charge is 0.270 e. The highest BCUT2D eigenvalue weighted by Crippen LogP contribution is 2.27. The van der Waals surface area contributed by atoms with Crippen LogP contribution in [0.25, 0.3) is 11.0 Å². The lowest BCUT2D eigenvalue weighted by Gasteiger charge is -2.19. The van der Waals surface area contributed by atoms with E-state index in [-0.39, 0.29) is 17.9 Å². The van der Waals surface area contributed by atoms with Gasteiger partial charge in [0.25, 0.3) is 5.91 Å². The van der Waals surface area contributed by atoms with E-state index in [1.807, 2.05) is 0 Å². The van der Waals surface area contributed by atoms with E-state index in [0.717, 1.165) is 0 Å². The molecular weight excluding hydrogens is 395 g/mol. The summed E-state index contributed by atoms with van der Waals surface area (Å²) in [6.07, 6.45) is 0.545. The summed E-state index contributed by atoms with van der Waals surface area (Å²) in [5.74, 6) is -0.163. The van der Waals surface area contributed by atoms with Gasteiger partial charge in [-0.05, 0) is 31.0 Å². The lowest BCUT2D eigenvalue weighted by atomic mass is 10.1. The number of fused-ring (bicyclic) bond motifs is 1. The Morgan fingerprint density at radius 2 is 2.17 bits per heavy atom. The molecule has 1 aromatic carbocycles. The fourth-order valence-corrected chi connectivity index (χ4v) is 3.57. The topological polar surface area (TPSA) is 145 Å². The first-order valence-corrected chi connectivity index (χ1v) is 9.40. The molecule has 2 heterocycles. The van der Waals surface area contributed by atoms with E-state index in [1.165, 1.54) is 31.6 Å². The van der Waals surface area contributed by atoms with Crippen LogP contribution in [0.2, 0.25) is 0 Å². The van der Waals surface area contributed by atoms with Crippen LogP contribution in [0.4, 0.5) is 10.2 Å². The molecule has 5 N–H and O–H groups in total.